The standard InChI is InChI=1S/C23H28N6O/c30-22-20(19-11-10-16-7-2-3-9-18(16)26-19)21(25-17-8-6-12-24-15-17)27-23(28-22)29-13-4-1-5-14-29/h2-3,7,9-11,17,24H,1,4-6,8,12-15H2,(H2,25,27,28,30)/t17-/m1/s1. The van der Waals surface area contributed by atoms with E-state index in [1.807, 2.05) is 36.4 Å². The molecule has 2 fully saturated rings. The van der Waals surface area contributed by atoms with Crippen LogP contribution in [0.5, 0.6) is 0 Å². The maximum absolute atomic E-state index is 13.3. The van der Waals surface area contributed by atoms with E-state index < -0.39 is 0 Å². The Bertz CT molecular complexity index is 1080. The molecule has 7 heteroatoms. The fourth-order valence-corrected chi connectivity index (χ4v) is 4.43. The molecule has 0 radical (unpaired) electrons. The third kappa shape index (κ3) is 3.89. The fourth-order valence-electron chi connectivity index (χ4n) is 4.43. The quantitative estimate of drug-likeness (QED) is 0.619. The molecule has 3 N–H and O–H groups in total. The minimum absolute atomic E-state index is 0.139. The van der Waals surface area contributed by atoms with Crippen LogP contribution in [0.1, 0.15) is 32.1 Å². The van der Waals surface area contributed by atoms with Gasteiger partial charge in [0.1, 0.15) is 11.4 Å². The molecule has 156 valence electrons. The minimum atomic E-state index is -0.139. The van der Waals surface area contributed by atoms with Crippen molar-refractivity contribution in [3.8, 4) is 11.3 Å². The minimum Gasteiger partial charge on any atom is -0.365 e. The predicted octanol–water partition coefficient (Wildman–Crippen LogP) is 3.14. The van der Waals surface area contributed by atoms with Crippen LogP contribution in [0, 0.1) is 0 Å². The summed E-state index contributed by atoms with van der Waals surface area (Å²) in [7, 11) is 0. The molecule has 0 saturated carbocycles. The highest BCUT2D eigenvalue weighted by molar-refractivity contribution is 5.83. The molecular formula is C23H28N6O. The Balaban J connectivity index is 1.58. The highest BCUT2D eigenvalue weighted by Crippen LogP contribution is 2.27. The SMILES string of the molecule is O=c1[nH]c(N2CCCCC2)nc(N[C@@H]2CCCNC2)c1-c1ccc2ccccc2n1. The molecule has 2 aliphatic heterocycles. The molecule has 30 heavy (non-hydrogen) atoms. The second kappa shape index (κ2) is 8.44. The van der Waals surface area contributed by atoms with Crippen LogP contribution in [0.3, 0.4) is 0 Å². The van der Waals surface area contributed by atoms with E-state index >= 15 is 0 Å². The molecule has 0 amide bonds. The van der Waals surface area contributed by atoms with Gasteiger partial charge in [0, 0.05) is 31.1 Å². The zero-order valence-corrected chi connectivity index (χ0v) is 17.2. The Morgan fingerprint density at radius 1 is 1.00 bits per heavy atom. The molecule has 1 aromatic carbocycles. The molecule has 0 unspecified atom stereocenters. The van der Waals surface area contributed by atoms with Crippen LogP contribution < -0.4 is 21.1 Å². The van der Waals surface area contributed by atoms with Gasteiger partial charge in [0.15, 0.2) is 0 Å². The number of hydrogen-bond donors (Lipinski definition) is 3. The molecule has 0 aliphatic carbocycles. The summed E-state index contributed by atoms with van der Waals surface area (Å²) in [5, 5.41) is 8.04. The summed E-state index contributed by atoms with van der Waals surface area (Å²) in [6.07, 6.45) is 5.67. The Labute approximate surface area is 175 Å². The number of fused-ring (bicyclic) bond motifs is 1. The Morgan fingerprint density at radius 2 is 1.87 bits per heavy atom. The number of aromatic amines is 1. The topological polar surface area (TPSA) is 85.9 Å². The smallest absolute Gasteiger partial charge is 0.263 e. The molecule has 1 atom stereocenters. The number of nitrogens with one attached hydrogen (secondary N) is 3. The number of anilines is 2. The van der Waals surface area contributed by atoms with E-state index in [9.17, 15) is 4.79 Å². The van der Waals surface area contributed by atoms with Crippen LogP contribution in [0.4, 0.5) is 11.8 Å². The predicted molar refractivity (Wildman–Crippen MR) is 121 cm³/mol. The van der Waals surface area contributed by atoms with E-state index in [-0.39, 0.29) is 11.6 Å². The number of hydrogen-bond acceptors (Lipinski definition) is 6. The van der Waals surface area contributed by atoms with Gasteiger partial charge in [-0.25, -0.2) is 4.98 Å². The van der Waals surface area contributed by atoms with E-state index in [0.717, 1.165) is 62.8 Å². The van der Waals surface area contributed by atoms with Crippen LogP contribution in [-0.4, -0.2) is 47.2 Å². The molecule has 2 aliphatic rings. The van der Waals surface area contributed by atoms with Crippen LogP contribution in [0.25, 0.3) is 22.2 Å². The van der Waals surface area contributed by atoms with Crippen LogP contribution in [-0.2, 0) is 0 Å². The van der Waals surface area contributed by atoms with Gasteiger partial charge >= 0.3 is 0 Å². The van der Waals surface area contributed by atoms with E-state index in [1.165, 1.54) is 6.42 Å². The highest BCUT2D eigenvalue weighted by atomic mass is 16.1. The average Bonchev–Trinajstić information content (AvgIpc) is 2.80. The van der Waals surface area contributed by atoms with Gasteiger partial charge in [-0.1, -0.05) is 24.3 Å². The third-order valence-electron chi connectivity index (χ3n) is 6.05. The van der Waals surface area contributed by atoms with Crippen molar-refractivity contribution in [2.75, 3.05) is 36.4 Å². The molecule has 0 spiro atoms. The van der Waals surface area contributed by atoms with Gasteiger partial charge in [0.25, 0.3) is 5.56 Å². The number of H-pyrrole nitrogens is 1. The van der Waals surface area contributed by atoms with E-state index in [1.54, 1.807) is 0 Å². The van der Waals surface area contributed by atoms with Gasteiger partial charge in [0.2, 0.25) is 5.95 Å². The first kappa shape index (κ1) is 19.1. The lowest BCUT2D eigenvalue weighted by atomic mass is 10.1. The van der Waals surface area contributed by atoms with Crippen molar-refractivity contribution in [3.63, 3.8) is 0 Å². The van der Waals surface area contributed by atoms with E-state index in [2.05, 4.69) is 20.5 Å². The number of piperidine rings is 2. The molecular weight excluding hydrogens is 376 g/mol. The molecule has 5 rings (SSSR count). The normalized spacial score (nSPS) is 19.7. The van der Waals surface area contributed by atoms with Crippen molar-refractivity contribution in [1.82, 2.24) is 20.3 Å². The first-order chi connectivity index (χ1) is 14.8. The fraction of sp³-hybridized carbons (Fsp3) is 0.435. The highest BCUT2D eigenvalue weighted by Gasteiger charge is 2.22. The number of rotatable bonds is 4. The molecule has 7 nitrogen and oxygen atoms in total. The van der Waals surface area contributed by atoms with E-state index in [4.69, 9.17) is 9.97 Å². The number of nitrogens with zero attached hydrogens (tertiary/aromatic N) is 3. The number of aromatic nitrogens is 3. The van der Waals surface area contributed by atoms with Gasteiger partial charge in [0.05, 0.1) is 11.2 Å². The van der Waals surface area contributed by atoms with Crippen LogP contribution >= 0.6 is 0 Å². The maximum atomic E-state index is 13.3. The second-order valence-corrected chi connectivity index (χ2v) is 8.24. The zero-order valence-electron chi connectivity index (χ0n) is 17.2. The van der Waals surface area contributed by atoms with Gasteiger partial charge in [-0.05, 0) is 50.8 Å². The first-order valence-corrected chi connectivity index (χ1v) is 11.0. The number of benzene rings is 1. The molecule has 2 saturated heterocycles. The Hall–Kier alpha value is -2.93. The Kier molecular flexibility index (Phi) is 5.36. The first-order valence-electron chi connectivity index (χ1n) is 11.0. The summed E-state index contributed by atoms with van der Waals surface area (Å²) in [5.74, 6) is 1.30. The number of pyridine rings is 1. The molecule has 0 bridgehead atoms. The van der Waals surface area contributed by atoms with Crippen molar-refractivity contribution >= 4 is 22.7 Å². The second-order valence-electron chi connectivity index (χ2n) is 8.24. The van der Waals surface area contributed by atoms with Gasteiger partial charge in [-0.3, -0.25) is 9.78 Å². The van der Waals surface area contributed by atoms with Crippen LogP contribution in [0.2, 0.25) is 0 Å². The van der Waals surface area contributed by atoms with Gasteiger partial charge < -0.3 is 15.5 Å². The lowest BCUT2D eigenvalue weighted by molar-refractivity contribution is 0.479. The van der Waals surface area contributed by atoms with E-state index in [0.29, 0.717) is 23.0 Å². The lowest BCUT2D eigenvalue weighted by Crippen LogP contribution is -2.39. The molecule has 4 heterocycles. The summed E-state index contributed by atoms with van der Waals surface area (Å²) >= 11 is 0. The zero-order chi connectivity index (χ0) is 20.3. The van der Waals surface area contributed by atoms with Crippen molar-refractivity contribution in [3.05, 3.63) is 46.8 Å². The van der Waals surface area contributed by atoms with Crippen molar-refractivity contribution < 1.29 is 0 Å². The summed E-state index contributed by atoms with van der Waals surface area (Å²) in [6.45, 7) is 3.78. The van der Waals surface area contributed by atoms with Crippen LogP contribution in [0.15, 0.2) is 41.2 Å². The van der Waals surface area contributed by atoms with Gasteiger partial charge in [-0.2, -0.15) is 4.98 Å². The summed E-state index contributed by atoms with van der Waals surface area (Å²) in [5.41, 5.74) is 1.91. The molecule has 3 aromatic rings. The largest absolute Gasteiger partial charge is 0.365 e. The number of para-hydroxylation sites is 1. The monoisotopic (exact) mass is 404 g/mol. The summed E-state index contributed by atoms with van der Waals surface area (Å²) in [4.78, 5) is 28.2. The summed E-state index contributed by atoms with van der Waals surface area (Å²) < 4.78 is 0. The van der Waals surface area contributed by atoms with Crippen molar-refractivity contribution in [1.29, 1.82) is 0 Å². The van der Waals surface area contributed by atoms with Gasteiger partial charge in [-0.15, -0.1) is 0 Å². The lowest BCUT2D eigenvalue weighted by Gasteiger charge is -2.29. The Morgan fingerprint density at radius 3 is 2.70 bits per heavy atom. The average molecular weight is 405 g/mol. The maximum Gasteiger partial charge on any atom is 0.263 e. The van der Waals surface area contributed by atoms with Crippen molar-refractivity contribution in [2.24, 2.45) is 0 Å². The van der Waals surface area contributed by atoms with Crippen molar-refractivity contribution in [2.45, 2.75) is 38.1 Å². The summed E-state index contributed by atoms with van der Waals surface area (Å²) in [6, 6.07) is 12.1. The third-order valence-corrected chi connectivity index (χ3v) is 6.05. The molecule has 2 aromatic heterocycles.